The summed E-state index contributed by atoms with van der Waals surface area (Å²) < 4.78 is 21.9. The molecule has 0 heterocycles. The minimum absolute atomic E-state index is 0.348. The minimum Gasteiger partial charge on any atom is -0.212 e. The predicted octanol–water partition coefficient (Wildman–Crippen LogP) is 2.74. The van der Waals surface area contributed by atoms with Crippen LogP contribution >= 0.6 is 22.3 Å². The normalized spacial score (nSPS) is 14.6. The summed E-state index contributed by atoms with van der Waals surface area (Å²) >= 11 is 5.46. The Morgan fingerprint density at radius 2 is 1.92 bits per heavy atom. The molecule has 0 N–H and O–H groups in total. The highest BCUT2D eigenvalue weighted by molar-refractivity contribution is 8.14. The van der Waals surface area contributed by atoms with Gasteiger partial charge in [-0.15, -0.1) is 11.6 Å². The summed E-state index contributed by atoms with van der Waals surface area (Å²) in [7, 11) is 1.82. The van der Waals surface area contributed by atoms with E-state index in [1.165, 1.54) is 0 Å². The average Bonchev–Trinajstić information content (AvgIpc) is 1.95. The van der Waals surface area contributed by atoms with Crippen molar-refractivity contribution >= 4 is 31.3 Å². The highest BCUT2D eigenvalue weighted by Crippen LogP contribution is 2.18. The van der Waals surface area contributed by atoms with Crippen LogP contribution in [0.15, 0.2) is 0 Å². The van der Waals surface area contributed by atoms with Crippen molar-refractivity contribution in [2.24, 2.45) is 0 Å². The van der Waals surface area contributed by atoms with Gasteiger partial charge in [-0.1, -0.05) is 19.8 Å². The predicted molar refractivity (Wildman–Crippen MR) is 53.4 cm³/mol. The van der Waals surface area contributed by atoms with Gasteiger partial charge >= 0.3 is 0 Å². The van der Waals surface area contributed by atoms with Crippen LogP contribution in [0.2, 0.25) is 0 Å². The van der Waals surface area contributed by atoms with Gasteiger partial charge in [0.15, 0.2) is 0 Å². The van der Waals surface area contributed by atoms with Crippen LogP contribution in [0.1, 0.15) is 32.6 Å². The second-order valence-electron chi connectivity index (χ2n) is 2.72. The van der Waals surface area contributed by atoms with Gasteiger partial charge in [0.2, 0.25) is 9.05 Å². The number of unbranched alkanes of at least 4 members (excludes halogenated alkanes) is 1. The van der Waals surface area contributed by atoms with E-state index in [0.29, 0.717) is 18.7 Å². The van der Waals surface area contributed by atoms with E-state index >= 15 is 0 Å². The first-order chi connectivity index (χ1) is 5.52. The average molecular weight is 233 g/mol. The number of hydrogen-bond donors (Lipinski definition) is 0. The molecule has 0 aliphatic heterocycles. The Kier molecular flexibility index (Phi) is 6.32. The Morgan fingerprint density at radius 1 is 1.33 bits per heavy atom. The fraction of sp³-hybridized carbons (Fsp3) is 1.00. The third-order valence-corrected chi connectivity index (χ3v) is 3.95. The molecule has 5 heteroatoms. The maximum absolute atomic E-state index is 10.9. The molecular weight excluding hydrogens is 219 g/mol. The first-order valence-electron chi connectivity index (χ1n) is 4.01. The third-order valence-electron chi connectivity index (χ3n) is 1.71. The van der Waals surface area contributed by atoms with Crippen LogP contribution in [0, 0.1) is 0 Å². The van der Waals surface area contributed by atoms with Crippen molar-refractivity contribution in [3.63, 3.8) is 0 Å². The van der Waals surface area contributed by atoms with Crippen LogP contribution in [0.3, 0.4) is 0 Å². The minimum atomic E-state index is -3.41. The fourth-order valence-electron chi connectivity index (χ4n) is 0.979. The Hall–Kier alpha value is 0.530. The molecule has 12 heavy (non-hydrogen) atoms. The third kappa shape index (κ3) is 5.22. The smallest absolute Gasteiger partial charge is 0.212 e. The quantitative estimate of drug-likeness (QED) is 0.522. The molecular formula is C7H14Cl2O2S. The zero-order valence-corrected chi connectivity index (χ0v) is 9.42. The molecule has 0 aromatic heterocycles. The molecule has 0 rings (SSSR count). The lowest BCUT2D eigenvalue weighted by molar-refractivity contribution is 0.572. The molecule has 0 saturated heterocycles. The molecule has 0 aromatic rings. The first-order valence-corrected chi connectivity index (χ1v) is 6.92. The van der Waals surface area contributed by atoms with Crippen LogP contribution in [-0.2, 0) is 9.05 Å². The van der Waals surface area contributed by atoms with Crippen LogP contribution in [-0.4, -0.2) is 19.5 Å². The van der Waals surface area contributed by atoms with Gasteiger partial charge in [0.05, 0.1) is 5.25 Å². The van der Waals surface area contributed by atoms with E-state index in [1.54, 1.807) is 0 Å². The van der Waals surface area contributed by atoms with Crippen molar-refractivity contribution in [2.75, 3.05) is 5.88 Å². The van der Waals surface area contributed by atoms with Crippen molar-refractivity contribution < 1.29 is 8.42 Å². The van der Waals surface area contributed by atoms with E-state index in [9.17, 15) is 8.42 Å². The maximum Gasteiger partial charge on any atom is 0.235 e. The van der Waals surface area contributed by atoms with E-state index in [2.05, 4.69) is 0 Å². The van der Waals surface area contributed by atoms with Crippen LogP contribution in [0.5, 0.6) is 0 Å². The molecule has 0 spiro atoms. The highest BCUT2D eigenvalue weighted by atomic mass is 35.7. The lowest BCUT2D eigenvalue weighted by Gasteiger charge is -2.10. The standard InChI is InChI=1S/C7H14Cl2O2S/c1-2-3-4-7(5-6-8)12(9,10)11/h7H,2-6H2,1H3. The van der Waals surface area contributed by atoms with E-state index < -0.39 is 14.3 Å². The van der Waals surface area contributed by atoms with Gasteiger partial charge in [0.1, 0.15) is 0 Å². The van der Waals surface area contributed by atoms with Crippen molar-refractivity contribution in [1.82, 2.24) is 0 Å². The number of rotatable bonds is 6. The van der Waals surface area contributed by atoms with Crippen molar-refractivity contribution in [3.8, 4) is 0 Å². The zero-order chi connectivity index (χ0) is 9.61. The maximum atomic E-state index is 10.9. The van der Waals surface area contributed by atoms with E-state index in [0.717, 1.165) is 12.8 Å². The molecule has 0 fully saturated rings. The fourth-order valence-corrected chi connectivity index (χ4v) is 2.75. The van der Waals surface area contributed by atoms with Gasteiger partial charge in [-0.3, -0.25) is 0 Å². The lowest BCUT2D eigenvalue weighted by atomic mass is 10.2. The van der Waals surface area contributed by atoms with Gasteiger partial charge in [0, 0.05) is 16.6 Å². The van der Waals surface area contributed by atoms with Gasteiger partial charge in [-0.05, 0) is 12.8 Å². The number of halogens is 2. The van der Waals surface area contributed by atoms with Crippen LogP contribution < -0.4 is 0 Å². The van der Waals surface area contributed by atoms with Crippen LogP contribution in [0.4, 0.5) is 0 Å². The topological polar surface area (TPSA) is 34.1 Å². The molecule has 0 amide bonds. The monoisotopic (exact) mass is 232 g/mol. The molecule has 0 aliphatic carbocycles. The van der Waals surface area contributed by atoms with Crippen LogP contribution in [0.25, 0.3) is 0 Å². The molecule has 0 saturated carbocycles. The summed E-state index contributed by atoms with van der Waals surface area (Å²) in [5, 5.41) is -0.461. The van der Waals surface area contributed by atoms with Gasteiger partial charge in [-0.2, -0.15) is 0 Å². The SMILES string of the molecule is CCCCC(CCCl)S(=O)(=O)Cl. The Labute approximate surface area is 83.7 Å². The van der Waals surface area contributed by atoms with Gasteiger partial charge < -0.3 is 0 Å². The van der Waals surface area contributed by atoms with E-state index in [1.807, 2.05) is 6.92 Å². The van der Waals surface area contributed by atoms with Crippen molar-refractivity contribution in [3.05, 3.63) is 0 Å². The molecule has 74 valence electrons. The molecule has 0 aromatic carbocycles. The number of hydrogen-bond acceptors (Lipinski definition) is 2. The second-order valence-corrected chi connectivity index (χ2v) is 6.00. The Balaban J connectivity index is 4.05. The van der Waals surface area contributed by atoms with E-state index in [4.69, 9.17) is 22.3 Å². The lowest BCUT2D eigenvalue weighted by Crippen LogP contribution is -2.16. The molecule has 0 radical (unpaired) electrons. The van der Waals surface area contributed by atoms with Crippen molar-refractivity contribution in [1.29, 1.82) is 0 Å². The Bertz CT molecular complexity index is 201. The van der Waals surface area contributed by atoms with Crippen molar-refractivity contribution in [2.45, 2.75) is 37.9 Å². The summed E-state index contributed by atoms with van der Waals surface area (Å²) in [6.45, 7) is 2.01. The molecule has 1 unspecified atom stereocenters. The number of alkyl halides is 1. The largest absolute Gasteiger partial charge is 0.235 e. The second kappa shape index (κ2) is 6.06. The van der Waals surface area contributed by atoms with Gasteiger partial charge in [0.25, 0.3) is 0 Å². The Morgan fingerprint density at radius 3 is 2.25 bits per heavy atom. The highest BCUT2D eigenvalue weighted by Gasteiger charge is 2.21. The summed E-state index contributed by atoms with van der Waals surface area (Å²) in [6.07, 6.45) is 2.93. The van der Waals surface area contributed by atoms with E-state index in [-0.39, 0.29) is 0 Å². The summed E-state index contributed by atoms with van der Waals surface area (Å²) in [5.74, 6) is 0.348. The summed E-state index contributed by atoms with van der Waals surface area (Å²) in [4.78, 5) is 0. The first kappa shape index (κ1) is 12.5. The zero-order valence-electron chi connectivity index (χ0n) is 7.09. The molecule has 1 atom stereocenters. The summed E-state index contributed by atoms with van der Waals surface area (Å²) in [6, 6.07) is 0. The summed E-state index contributed by atoms with van der Waals surface area (Å²) in [5.41, 5.74) is 0. The molecule has 0 bridgehead atoms. The molecule has 0 aliphatic rings. The van der Waals surface area contributed by atoms with Gasteiger partial charge in [-0.25, -0.2) is 8.42 Å². The molecule has 2 nitrogen and oxygen atoms in total.